The first kappa shape index (κ1) is 14.2. The molecule has 0 radical (unpaired) electrons. The minimum Gasteiger partial charge on any atom is -0.392 e. The number of aromatic nitrogens is 2. The molecule has 1 atom stereocenters. The third-order valence-corrected chi connectivity index (χ3v) is 4.03. The highest BCUT2D eigenvalue weighted by molar-refractivity contribution is 7.80. The van der Waals surface area contributed by atoms with Gasteiger partial charge in [0.25, 0.3) is 5.56 Å². The lowest BCUT2D eigenvalue weighted by Gasteiger charge is -2.38. The molecule has 104 valence electrons. The van der Waals surface area contributed by atoms with Crippen LogP contribution < -0.4 is 16.2 Å². The normalized spacial score (nSPS) is 18.3. The summed E-state index contributed by atoms with van der Waals surface area (Å²) < 4.78 is 0. The first-order chi connectivity index (χ1) is 9.00. The van der Waals surface area contributed by atoms with Crippen LogP contribution in [0, 0.1) is 0 Å². The molecule has 1 fully saturated rings. The molecule has 1 aliphatic rings. The Hall–Kier alpha value is -1.18. The molecule has 0 bridgehead atoms. The van der Waals surface area contributed by atoms with Crippen molar-refractivity contribution in [3.8, 4) is 0 Å². The third-order valence-electron chi connectivity index (χ3n) is 3.35. The van der Waals surface area contributed by atoms with Gasteiger partial charge in [0.15, 0.2) is 5.82 Å². The molecule has 2 heterocycles. The van der Waals surface area contributed by atoms with Crippen LogP contribution in [0.2, 0.25) is 5.02 Å². The van der Waals surface area contributed by atoms with Gasteiger partial charge in [-0.05, 0) is 6.92 Å². The monoisotopic (exact) mass is 301 g/mol. The topological polar surface area (TPSA) is 78.2 Å². The van der Waals surface area contributed by atoms with Gasteiger partial charge in [-0.15, -0.1) is 0 Å². The average Bonchev–Trinajstić information content (AvgIpc) is 2.41. The van der Waals surface area contributed by atoms with E-state index in [4.69, 9.17) is 29.6 Å². The van der Waals surface area contributed by atoms with E-state index in [1.165, 1.54) is 6.33 Å². The van der Waals surface area contributed by atoms with E-state index in [9.17, 15) is 4.79 Å². The summed E-state index contributed by atoms with van der Waals surface area (Å²) in [5, 5.41) is 0.137. The van der Waals surface area contributed by atoms with Crippen molar-refractivity contribution in [2.24, 2.45) is 5.73 Å². The summed E-state index contributed by atoms with van der Waals surface area (Å²) in [4.78, 5) is 22.7. The molecule has 1 aliphatic heterocycles. The number of nitrogens with zero attached hydrogens (tertiary/aromatic N) is 3. The van der Waals surface area contributed by atoms with Crippen LogP contribution in [-0.4, -0.2) is 52.1 Å². The largest absolute Gasteiger partial charge is 0.392 e. The van der Waals surface area contributed by atoms with Gasteiger partial charge in [-0.3, -0.25) is 9.69 Å². The van der Waals surface area contributed by atoms with Crippen LogP contribution in [0.5, 0.6) is 0 Å². The smallest absolute Gasteiger partial charge is 0.271 e. The summed E-state index contributed by atoms with van der Waals surface area (Å²) in [5.74, 6) is 0.535. The highest BCUT2D eigenvalue weighted by Crippen LogP contribution is 2.20. The van der Waals surface area contributed by atoms with Gasteiger partial charge in [0.2, 0.25) is 0 Å². The van der Waals surface area contributed by atoms with Gasteiger partial charge in [-0.2, -0.15) is 0 Å². The first-order valence-electron chi connectivity index (χ1n) is 6.02. The molecule has 3 N–H and O–H groups in total. The molecule has 0 aromatic carbocycles. The van der Waals surface area contributed by atoms with Crippen molar-refractivity contribution >= 4 is 34.6 Å². The lowest BCUT2D eigenvalue weighted by molar-refractivity contribution is 0.238. The summed E-state index contributed by atoms with van der Waals surface area (Å²) in [6.45, 7) is 5.09. The van der Waals surface area contributed by atoms with Crippen LogP contribution in [0.25, 0.3) is 0 Å². The lowest BCUT2D eigenvalue weighted by Crippen LogP contribution is -2.53. The Balaban J connectivity index is 2.06. The van der Waals surface area contributed by atoms with Crippen molar-refractivity contribution in [1.29, 1.82) is 0 Å². The van der Waals surface area contributed by atoms with Crippen molar-refractivity contribution in [1.82, 2.24) is 14.9 Å². The number of nitrogens with one attached hydrogen (secondary N) is 1. The average molecular weight is 302 g/mol. The minimum absolute atomic E-state index is 0.0831. The zero-order valence-electron chi connectivity index (χ0n) is 10.6. The highest BCUT2D eigenvalue weighted by Gasteiger charge is 2.24. The molecule has 1 saturated heterocycles. The molecule has 0 aliphatic carbocycles. The number of H-pyrrole nitrogens is 1. The SMILES string of the molecule is CC(C(N)=S)N1CCN(c2nc[nH]c(=O)c2Cl)CC1. The van der Waals surface area contributed by atoms with Crippen LogP contribution in [0.4, 0.5) is 5.82 Å². The van der Waals surface area contributed by atoms with E-state index in [0.29, 0.717) is 10.8 Å². The molecule has 1 aromatic rings. The molecular formula is C11H16ClN5OS. The Morgan fingerprint density at radius 2 is 2.16 bits per heavy atom. The fourth-order valence-corrected chi connectivity index (χ4v) is 2.47. The van der Waals surface area contributed by atoms with Gasteiger partial charge in [-0.25, -0.2) is 4.98 Å². The maximum Gasteiger partial charge on any atom is 0.271 e. The number of halogens is 1. The van der Waals surface area contributed by atoms with Crippen molar-refractivity contribution in [3.63, 3.8) is 0 Å². The molecular weight excluding hydrogens is 286 g/mol. The van der Waals surface area contributed by atoms with Crippen molar-refractivity contribution < 1.29 is 0 Å². The Morgan fingerprint density at radius 3 is 2.74 bits per heavy atom. The zero-order valence-corrected chi connectivity index (χ0v) is 12.2. The van der Waals surface area contributed by atoms with Crippen LogP contribution >= 0.6 is 23.8 Å². The van der Waals surface area contributed by atoms with E-state index in [-0.39, 0.29) is 16.6 Å². The molecule has 0 spiro atoms. The summed E-state index contributed by atoms with van der Waals surface area (Å²) in [5.41, 5.74) is 5.34. The van der Waals surface area contributed by atoms with Crippen molar-refractivity contribution in [2.45, 2.75) is 13.0 Å². The zero-order chi connectivity index (χ0) is 14.0. The number of aromatic amines is 1. The van der Waals surface area contributed by atoms with Gasteiger partial charge >= 0.3 is 0 Å². The molecule has 19 heavy (non-hydrogen) atoms. The number of piperazine rings is 1. The van der Waals surface area contributed by atoms with Gasteiger partial charge in [0.05, 0.1) is 17.4 Å². The van der Waals surface area contributed by atoms with Gasteiger partial charge < -0.3 is 15.6 Å². The number of rotatable bonds is 3. The van der Waals surface area contributed by atoms with Gasteiger partial charge in [0, 0.05) is 26.2 Å². The fraction of sp³-hybridized carbons (Fsp3) is 0.545. The predicted octanol–water partition coefficient (Wildman–Crippen LogP) is 0.220. The number of nitrogens with two attached hydrogens (primary N) is 1. The van der Waals surface area contributed by atoms with E-state index >= 15 is 0 Å². The summed E-state index contributed by atoms with van der Waals surface area (Å²) in [6.07, 6.45) is 1.37. The third kappa shape index (κ3) is 3.05. The molecule has 1 aromatic heterocycles. The standard InChI is InChI=1S/C11H16ClN5OS/c1-7(9(13)19)16-2-4-17(5-3-16)10-8(12)11(18)15-6-14-10/h6-7H,2-5H2,1H3,(H2,13,19)(H,14,15,18). The van der Waals surface area contributed by atoms with Crippen LogP contribution in [0.1, 0.15) is 6.92 Å². The van der Waals surface area contributed by atoms with E-state index < -0.39 is 0 Å². The van der Waals surface area contributed by atoms with Crippen molar-refractivity contribution in [2.75, 3.05) is 31.1 Å². The number of thiocarbonyl (C=S) groups is 1. The molecule has 0 saturated carbocycles. The molecule has 2 rings (SSSR count). The maximum absolute atomic E-state index is 11.4. The number of anilines is 1. The quantitative estimate of drug-likeness (QED) is 0.778. The summed E-state index contributed by atoms with van der Waals surface area (Å²) in [7, 11) is 0. The first-order valence-corrected chi connectivity index (χ1v) is 6.81. The predicted molar refractivity (Wildman–Crippen MR) is 79.9 cm³/mol. The van der Waals surface area contributed by atoms with Gasteiger partial charge in [0.1, 0.15) is 5.02 Å². The second kappa shape index (κ2) is 5.85. The van der Waals surface area contributed by atoms with E-state index in [0.717, 1.165) is 26.2 Å². The second-order valence-corrected chi connectivity index (χ2v) is 5.32. The van der Waals surface area contributed by atoms with E-state index in [1.807, 2.05) is 11.8 Å². The highest BCUT2D eigenvalue weighted by atomic mass is 35.5. The second-order valence-electron chi connectivity index (χ2n) is 4.47. The minimum atomic E-state index is -0.314. The van der Waals surface area contributed by atoms with Crippen LogP contribution in [0.15, 0.2) is 11.1 Å². The molecule has 6 nitrogen and oxygen atoms in total. The van der Waals surface area contributed by atoms with E-state index in [2.05, 4.69) is 14.9 Å². The number of hydrogen-bond acceptors (Lipinski definition) is 5. The molecule has 1 unspecified atom stereocenters. The number of hydrogen-bond donors (Lipinski definition) is 2. The molecule has 0 amide bonds. The van der Waals surface area contributed by atoms with Gasteiger partial charge in [-0.1, -0.05) is 23.8 Å². The molecule has 8 heteroatoms. The Morgan fingerprint density at radius 1 is 1.53 bits per heavy atom. The summed E-state index contributed by atoms with van der Waals surface area (Å²) in [6, 6.07) is 0.0831. The maximum atomic E-state index is 11.4. The van der Waals surface area contributed by atoms with Crippen molar-refractivity contribution in [3.05, 3.63) is 21.7 Å². The Kier molecular flexibility index (Phi) is 4.38. The Labute approximate surface area is 121 Å². The lowest BCUT2D eigenvalue weighted by atomic mass is 10.2. The van der Waals surface area contributed by atoms with Crippen LogP contribution in [-0.2, 0) is 0 Å². The summed E-state index contributed by atoms with van der Waals surface area (Å²) >= 11 is 11.0. The Bertz CT molecular complexity index is 526. The fourth-order valence-electron chi connectivity index (χ4n) is 2.10. The van der Waals surface area contributed by atoms with E-state index in [1.54, 1.807) is 0 Å². The van der Waals surface area contributed by atoms with Crippen LogP contribution in [0.3, 0.4) is 0 Å².